The molecule has 1 aliphatic heterocycles. The molecule has 3 rings (SSSR count). The summed E-state index contributed by atoms with van der Waals surface area (Å²) in [4.78, 5) is 23.0. The maximum absolute atomic E-state index is 12.5. The van der Waals surface area contributed by atoms with Crippen molar-refractivity contribution in [1.29, 1.82) is 0 Å². The van der Waals surface area contributed by atoms with E-state index in [0.717, 1.165) is 43.5 Å². The molecule has 2 amide bonds. The number of hydrogen-bond acceptors (Lipinski definition) is 6. The topological polar surface area (TPSA) is 91.4 Å². The van der Waals surface area contributed by atoms with Gasteiger partial charge in [-0.1, -0.05) is 12.1 Å². The van der Waals surface area contributed by atoms with Crippen molar-refractivity contribution in [2.75, 3.05) is 41.7 Å². The molecule has 1 aromatic carbocycles. The molecule has 0 unspecified atom stereocenters. The molecule has 3 N–H and O–H groups in total. The molecule has 0 radical (unpaired) electrons. The number of ether oxygens (including phenoxy) is 1. The fourth-order valence-corrected chi connectivity index (χ4v) is 3.04. The van der Waals surface area contributed by atoms with Crippen molar-refractivity contribution in [2.24, 2.45) is 0 Å². The summed E-state index contributed by atoms with van der Waals surface area (Å²) < 4.78 is 41.3. The van der Waals surface area contributed by atoms with Crippen LogP contribution in [-0.4, -0.2) is 48.5 Å². The first-order valence-electron chi connectivity index (χ1n) is 9.54. The first-order valence-corrected chi connectivity index (χ1v) is 9.54. The SMILES string of the molecule is Cc1cc(N2CCCC2)nc(NCCNC(=O)Nc2ccccc2OC(F)(F)F)n1. The Kier molecular flexibility index (Phi) is 6.80. The lowest BCUT2D eigenvalue weighted by atomic mass is 10.3. The third-order valence-electron chi connectivity index (χ3n) is 4.33. The number of urea groups is 1. The van der Waals surface area contributed by atoms with Crippen LogP contribution >= 0.6 is 0 Å². The van der Waals surface area contributed by atoms with E-state index in [1.165, 1.54) is 18.2 Å². The quantitative estimate of drug-likeness (QED) is 0.589. The number of aromatic nitrogens is 2. The molecule has 1 aliphatic rings. The summed E-state index contributed by atoms with van der Waals surface area (Å²) in [5.41, 5.74) is 0.749. The Morgan fingerprint density at radius 2 is 1.90 bits per heavy atom. The second-order valence-corrected chi connectivity index (χ2v) is 6.74. The zero-order valence-corrected chi connectivity index (χ0v) is 16.4. The van der Waals surface area contributed by atoms with E-state index in [1.54, 1.807) is 0 Å². The fourth-order valence-electron chi connectivity index (χ4n) is 3.04. The van der Waals surface area contributed by atoms with Gasteiger partial charge < -0.3 is 25.6 Å². The van der Waals surface area contributed by atoms with Crippen molar-refractivity contribution in [3.8, 4) is 5.75 Å². The van der Waals surface area contributed by atoms with Gasteiger partial charge in [0.15, 0.2) is 5.75 Å². The van der Waals surface area contributed by atoms with Gasteiger partial charge in [-0.25, -0.2) is 9.78 Å². The summed E-state index contributed by atoms with van der Waals surface area (Å²) in [6, 6.07) is 6.59. The molecule has 11 heteroatoms. The van der Waals surface area contributed by atoms with Crippen LogP contribution in [0.3, 0.4) is 0 Å². The number of para-hydroxylation sites is 2. The highest BCUT2D eigenvalue weighted by Crippen LogP contribution is 2.29. The van der Waals surface area contributed by atoms with Gasteiger partial charge in [0.25, 0.3) is 0 Å². The summed E-state index contributed by atoms with van der Waals surface area (Å²) in [5, 5.41) is 7.95. The third kappa shape index (κ3) is 6.39. The van der Waals surface area contributed by atoms with Crippen LogP contribution in [0.1, 0.15) is 18.5 Å². The molecule has 2 heterocycles. The van der Waals surface area contributed by atoms with Crippen molar-refractivity contribution < 1.29 is 22.7 Å². The van der Waals surface area contributed by atoms with E-state index in [4.69, 9.17) is 0 Å². The van der Waals surface area contributed by atoms with Crippen molar-refractivity contribution in [1.82, 2.24) is 15.3 Å². The van der Waals surface area contributed by atoms with Crippen LogP contribution in [0.25, 0.3) is 0 Å². The van der Waals surface area contributed by atoms with Gasteiger partial charge in [-0.2, -0.15) is 4.98 Å². The van der Waals surface area contributed by atoms with Crippen molar-refractivity contribution >= 4 is 23.5 Å². The minimum atomic E-state index is -4.85. The average Bonchev–Trinajstić information content (AvgIpc) is 3.20. The van der Waals surface area contributed by atoms with Gasteiger partial charge >= 0.3 is 12.4 Å². The Morgan fingerprint density at radius 1 is 1.17 bits per heavy atom. The minimum absolute atomic E-state index is 0.0856. The van der Waals surface area contributed by atoms with E-state index in [0.29, 0.717) is 12.5 Å². The first-order chi connectivity index (χ1) is 14.3. The minimum Gasteiger partial charge on any atom is -0.404 e. The predicted octanol–water partition coefficient (Wildman–Crippen LogP) is 3.52. The predicted molar refractivity (Wildman–Crippen MR) is 107 cm³/mol. The molecule has 0 saturated carbocycles. The van der Waals surface area contributed by atoms with Crippen molar-refractivity contribution in [3.05, 3.63) is 36.0 Å². The molecular formula is C19H23F3N6O2. The zero-order valence-electron chi connectivity index (χ0n) is 16.4. The number of nitrogens with zero attached hydrogens (tertiary/aromatic N) is 3. The summed E-state index contributed by atoms with van der Waals surface area (Å²) in [5.74, 6) is 0.846. The highest BCUT2D eigenvalue weighted by atomic mass is 19.4. The van der Waals surface area contributed by atoms with Gasteiger partial charge in [-0.3, -0.25) is 0 Å². The van der Waals surface area contributed by atoms with Crippen LogP contribution in [0.4, 0.5) is 35.4 Å². The average molecular weight is 424 g/mol. The lowest BCUT2D eigenvalue weighted by Gasteiger charge is -2.18. The van der Waals surface area contributed by atoms with E-state index in [1.807, 2.05) is 13.0 Å². The van der Waals surface area contributed by atoms with Gasteiger partial charge in [0, 0.05) is 37.9 Å². The van der Waals surface area contributed by atoms with Crippen LogP contribution in [-0.2, 0) is 0 Å². The summed E-state index contributed by atoms with van der Waals surface area (Å²) in [7, 11) is 0. The maximum atomic E-state index is 12.5. The molecule has 0 aliphatic carbocycles. The number of hydrogen-bond donors (Lipinski definition) is 3. The van der Waals surface area contributed by atoms with Gasteiger partial charge in [0.1, 0.15) is 5.82 Å². The Balaban J connectivity index is 1.48. The molecule has 8 nitrogen and oxygen atoms in total. The van der Waals surface area contributed by atoms with E-state index in [9.17, 15) is 18.0 Å². The van der Waals surface area contributed by atoms with Gasteiger partial charge in [-0.05, 0) is 31.9 Å². The van der Waals surface area contributed by atoms with Crippen LogP contribution < -0.4 is 25.6 Å². The Labute approximate surface area is 171 Å². The molecule has 1 fully saturated rings. The van der Waals surface area contributed by atoms with Crippen molar-refractivity contribution in [3.63, 3.8) is 0 Å². The molecule has 2 aromatic rings. The number of aryl methyl sites for hydroxylation is 1. The molecule has 1 saturated heterocycles. The van der Waals surface area contributed by atoms with Crippen molar-refractivity contribution in [2.45, 2.75) is 26.1 Å². The smallest absolute Gasteiger partial charge is 0.404 e. The Bertz CT molecular complexity index is 872. The van der Waals surface area contributed by atoms with E-state index < -0.39 is 18.1 Å². The summed E-state index contributed by atoms with van der Waals surface area (Å²) in [6.07, 6.45) is -2.57. The molecular weight excluding hydrogens is 401 g/mol. The van der Waals surface area contributed by atoms with Crippen LogP contribution in [0.2, 0.25) is 0 Å². The molecule has 0 atom stereocenters. The molecule has 162 valence electrons. The van der Waals surface area contributed by atoms with Gasteiger partial charge in [0.05, 0.1) is 5.69 Å². The number of alkyl halides is 3. The monoisotopic (exact) mass is 424 g/mol. The second kappa shape index (κ2) is 9.51. The number of nitrogens with one attached hydrogen (secondary N) is 3. The Hall–Kier alpha value is -3.24. The number of rotatable bonds is 7. The number of carbonyl (C=O) groups excluding carboxylic acids is 1. The fraction of sp³-hybridized carbons (Fsp3) is 0.421. The zero-order chi connectivity index (χ0) is 21.6. The second-order valence-electron chi connectivity index (χ2n) is 6.74. The molecule has 1 aromatic heterocycles. The molecule has 30 heavy (non-hydrogen) atoms. The van der Waals surface area contributed by atoms with Gasteiger partial charge in [-0.15, -0.1) is 13.2 Å². The van der Waals surface area contributed by atoms with Crippen LogP contribution in [0.15, 0.2) is 30.3 Å². The highest BCUT2D eigenvalue weighted by Gasteiger charge is 2.32. The third-order valence-corrected chi connectivity index (χ3v) is 4.33. The Morgan fingerprint density at radius 3 is 2.63 bits per heavy atom. The van der Waals surface area contributed by atoms with E-state index in [-0.39, 0.29) is 12.2 Å². The lowest BCUT2D eigenvalue weighted by Crippen LogP contribution is -2.33. The maximum Gasteiger partial charge on any atom is 0.573 e. The number of carbonyl (C=O) groups is 1. The van der Waals surface area contributed by atoms with Gasteiger partial charge in [0.2, 0.25) is 5.95 Å². The number of amides is 2. The normalized spacial score (nSPS) is 13.8. The summed E-state index contributed by atoms with van der Waals surface area (Å²) in [6.45, 7) is 4.38. The van der Waals surface area contributed by atoms with E-state index in [2.05, 4.69) is 35.6 Å². The standard InChI is InChI=1S/C19H23F3N6O2/c1-13-12-16(28-10-4-5-11-28)27-17(25-13)23-8-9-24-18(29)26-14-6-2-3-7-15(14)30-19(20,21)22/h2-3,6-7,12H,4-5,8-11H2,1H3,(H,23,25,27)(H2,24,26,29). The number of anilines is 3. The van der Waals surface area contributed by atoms with Crippen LogP contribution in [0, 0.1) is 6.92 Å². The molecule has 0 spiro atoms. The lowest BCUT2D eigenvalue weighted by molar-refractivity contribution is -0.274. The number of benzene rings is 1. The highest BCUT2D eigenvalue weighted by molar-refractivity contribution is 5.90. The number of halogens is 3. The van der Waals surface area contributed by atoms with E-state index >= 15 is 0 Å². The largest absolute Gasteiger partial charge is 0.573 e. The van der Waals surface area contributed by atoms with Crippen LogP contribution in [0.5, 0.6) is 5.75 Å². The first kappa shape index (κ1) is 21.5. The summed E-state index contributed by atoms with van der Waals surface area (Å²) >= 11 is 0. The molecule has 0 bridgehead atoms.